The van der Waals surface area contributed by atoms with Gasteiger partial charge in [0.1, 0.15) is 12.7 Å². The van der Waals surface area contributed by atoms with E-state index in [-0.39, 0.29) is 6.10 Å². The molecule has 0 radical (unpaired) electrons. The minimum Gasteiger partial charge on any atom is -0.493 e. The summed E-state index contributed by atoms with van der Waals surface area (Å²) in [6.45, 7) is 3.21. The van der Waals surface area contributed by atoms with Crippen molar-refractivity contribution in [3.8, 4) is 11.5 Å². The highest BCUT2D eigenvalue weighted by atomic mass is 32.1. The molecule has 156 valence electrons. The van der Waals surface area contributed by atoms with E-state index in [0.29, 0.717) is 28.7 Å². The molecular weight excluding hydrogens is 400 g/mol. The van der Waals surface area contributed by atoms with Gasteiger partial charge in [-0.25, -0.2) is 0 Å². The Morgan fingerprint density at radius 1 is 1.33 bits per heavy atom. The van der Waals surface area contributed by atoms with Crippen LogP contribution in [0.1, 0.15) is 41.5 Å². The summed E-state index contributed by atoms with van der Waals surface area (Å²) in [7, 11) is 1.62. The van der Waals surface area contributed by atoms with Gasteiger partial charge in [-0.05, 0) is 49.7 Å². The van der Waals surface area contributed by atoms with Crippen molar-refractivity contribution in [3.05, 3.63) is 69.8 Å². The van der Waals surface area contributed by atoms with Crippen molar-refractivity contribution >= 4 is 18.4 Å². The van der Waals surface area contributed by atoms with E-state index < -0.39 is 0 Å². The number of hydrogen-bond donors (Lipinski definition) is 1. The van der Waals surface area contributed by atoms with Crippen LogP contribution in [-0.2, 0) is 11.3 Å². The van der Waals surface area contributed by atoms with E-state index in [1.165, 1.54) is 5.56 Å². The van der Waals surface area contributed by atoms with Gasteiger partial charge in [0.2, 0.25) is 4.77 Å². The SMILES string of the molecule is COc1cccc(/C=N\n2c(C3CCCO3)n[nH]c2=S)c1OCc1cccc(C)c1. The Balaban J connectivity index is 1.62. The summed E-state index contributed by atoms with van der Waals surface area (Å²) in [5.41, 5.74) is 3.05. The van der Waals surface area contributed by atoms with Crippen LogP contribution in [0.5, 0.6) is 11.5 Å². The first-order valence-electron chi connectivity index (χ1n) is 9.84. The maximum atomic E-state index is 6.13. The average molecular weight is 425 g/mol. The maximum absolute atomic E-state index is 6.13. The molecule has 0 spiro atoms. The van der Waals surface area contributed by atoms with E-state index in [1.807, 2.05) is 30.3 Å². The lowest BCUT2D eigenvalue weighted by molar-refractivity contribution is 0.102. The second-order valence-corrected chi connectivity index (χ2v) is 7.49. The predicted octanol–water partition coefficient (Wildman–Crippen LogP) is 4.57. The van der Waals surface area contributed by atoms with Crippen LogP contribution in [0.2, 0.25) is 0 Å². The average Bonchev–Trinajstić information content (AvgIpc) is 3.40. The number of ether oxygens (including phenoxy) is 3. The molecule has 1 unspecified atom stereocenters. The molecule has 0 aliphatic carbocycles. The molecule has 0 amide bonds. The molecule has 1 fully saturated rings. The van der Waals surface area contributed by atoms with Crippen LogP contribution in [0.3, 0.4) is 0 Å². The topological polar surface area (TPSA) is 73.7 Å². The number of H-pyrrole nitrogens is 1. The number of methoxy groups -OCH3 is 1. The van der Waals surface area contributed by atoms with E-state index in [2.05, 4.69) is 34.4 Å². The predicted molar refractivity (Wildman–Crippen MR) is 117 cm³/mol. The van der Waals surface area contributed by atoms with E-state index in [4.69, 9.17) is 26.4 Å². The van der Waals surface area contributed by atoms with Gasteiger partial charge in [0.05, 0.1) is 13.3 Å². The number of nitrogens with one attached hydrogen (secondary N) is 1. The minimum atomic E-state index is -0.0996. The molecule has 8 heteroatoms. The lowest BCUT2D eigenvalue weighted by atomic mass is 10.1. The van der Waals surface area contributed by atoms with Gasteiger partial charge in [-0.1, -0.05) is 35.9 Å². The van der Waals surface area contributed by atoms with Gasteiger partial charge in [0.15, 0.2) is 17.3 Å². The van der Waals surface area contributed by atoms with Crippen LogP contribution in [0.25, 0.3) is 0 Å². The molecule has 30 heavy (non-hydrogen) atoms. The molecule has 1 saturated heterocycles. The number of aryl methyl sites for hydroxylation is 1. The number of aromatic amines is 1. The third-order valence-electron chi connectivity index (χ3n) is 4.90. The van der Waals surface area contributed by atoms with E-state index >= 15 is 0 Å². The zero-order chi connectivity index (χ0) is 20.9. The standard InChI is InChI=1S/C22H24N4O3S/c1-15-6-3-7-16(12-15)14-29-20-17(8-4-9-18(20)27-2)13-23-26-21(24-25-22(26)30)19-10-5-11-28-19/h3-4,6-9,12-13,19H,5,10-11,14H2,1-2H3,(H,25,30)/b23-13-. The molecule has 1 atom stereocenters. The number of hydrogen-bond acceptors (Lipinski definition) is 6. The van der Waals surface area contributed by atoms with E-state index in [0.717, 1.165) is 30.6 Å². The highest BCUT2D eigenvalue weighted by Gasteiger charge is 2.23. The molecule has 0 bridgehead atoms. The Morgan fingerprint density at radius 3 is 2.97 bits per heavy atom. The quantitative estimate of drug-likeness (QED) is 0.444. The number of para-hydroxylation sites is 1. The van der Waals surface area contributed by atoms with Gasteiger partial charge in [-0.15, -0.1) is 0 Å². The first kappa shape index (κ1) is 20.3. The first-order valence-corrected chi connectivity index (χ1v) is 10.2. The molecule has 7 nitrogen and oxygen atoms in total. The van der Waals surface area contributed by atoms with E-state index in [9.17, 15) is 0 Å². The zero-order valence-corrected chi connectivity index (χ0v) is 17.8. The Hall–Kier alpha value is -2.97. The fourth-order valence-electron chi connectivity index (χ4n) is 3.43. The van der Waals surface area contributed by atoms with Gasteiger partial charge in [0, 0.05) is 12.2 Å². The van der Waals surface area contributed by atoms with Crippen LogP contribution in [-0.4, -0.2) is 34.8 Å². The zero-order valence-electron chi connectivity index (χ0n) is 17.0. The third-order valence-corrected chi connectivity index (χ3v) is 5.16. The van der Waals surface area contributed by atoms with Gasteiger partial charge in [-0.2, -0.15) is 14.9 Å². The lowest BCUT2D eigenvalue weighted by Gasteiger charge is -2.13. The van der Waals surface area contributed by atoms with Gasteiger partial charge < -0.3 is 14.2 Å². The third kappa shape index (κ3) is 4.44. The molecule has 1 aromatic heterocycles. The molecular formula is C22H24N4O3S. The summed E-state index contributed by atoms with van der Waals surface area (Å²) in [5.74, 6) is 1.94. The highest BCUT2D eigenvalue weighted by Crippen LogP contribution is 2.31. The highest BCUT2D eigenvalue weighted by molar-refractivity contribution is 7.71. The Kier molecular flexibility index (Phi) is 6.25. The summed E-state index contributed by atoms with van der Waals surface area (Å²) in [6, 6.07) is 13.9. The number of benzene rings is 2. The number of rotatable bonds is 7. The first-order chi connectivity index (χ1) is 14.7. The van der Waals surface area contributed by atoms with Crippen molar-refractivity contribution in [2.75, 3.05) is 13.7 Å². The maximum Gasteiger partial charge on any atom is 0.216 e. The lowest BCUT2D eigenvalue weighted by Crippen LogP contribution is -2.06. The van der Waals surface area contributed by atoms with Gasteiger partial charge >= 0.3 is 0 Å². The van der Waals surface area contributed by atoms with Crippen LogP contribution in [0, 0.1) is 11.7 Å². The summed E-state index contributed by atoms with van der Waals surface area (Å²) in [6.07, 6.45) is 3.51. The molecule has 4 rings (SSSR count). The van der Waals surface area contributed by atoms with Crippen molar-refractivity contribution in [1.29, 1.82) is 0 Å². The summed E-state index contributed by atoms with van der Waals surface area (Å²) in [4.78, 5) is 0. The second kappa shape index (κ2) is 9.23. The number of aromatic nitrogens is 3. The molecule has 0 saturated carbocycles. The summed E-state index contributed by atoms with van der Waals surface area (Å²) in [5, 5.41) is 11.7. The summed E-state index contributed by atoms with van der Waals surface area (Å²) >= 11 is 5.35. The van der Waals surface area contributed by atoms with Crippen molar-refractivity contribution in [1.82, 2.24) is 14.9 Å². The van der Waals surface area contributed by atoms with Crippen LogP contribution < -0.4 is 9.47 Å². The largest absolute Gasteiger partial charge is 0.493 e. The normalized spacial score (nSPS) is 16.3. The molecule has 2 heterocycles. The summed E-state index contributed by atoms with van der Waals surface area (Å²) < 4.78 is 19.4. The molecule has 1 N–H and O–H groups in total. The van der Waals surface area contributed by atoms with Crippen LogP contribution in [0.15, 0.2) is 47.6 Å². The minimum absolute atomic E-state index is 0.0996. The monoisotopic (exact) mass is 424 g/mol. The van der Waals surface area contributed by atoms with Gasteiger partial charge in [0.25, 0.3) is 0 Å². The molecule has 1 aliphatic rings. The molecule has 2 aromatic carbocycles. The molecule has 3 aromatic rings. The van der Waals surface area contributed by atoms with Gasteiger partial charge in [-0.3, -0.25) is 5.10 Å². The second-order valence-electron chi connectivity index (χ2n) is 7.10. The van der Waals surface area contributed by atoms with Crippen LogP contribution >= 0.6 is 12.2 Å². The Bertz CT molecular complexity index is 1100. The smallest absolute Gasteiger partial charge is 0.216 e. The van der Waals surface area contributed by atoms with Crippen molar-refractivity contribution < 1.29 is 14.2 Å². The van der Waals surface area contributed by atoms with Crippen LogP contribution in [0.4, 0.5) is 0 Å². The van der Waals surface area contributed by atoms with Crippen molar-refractivity contribution in [3.63, 3.8) is 0 Å². The fraction of sp³-hybridized carbons (Fsp3) is 0.318. The molecule has 1 aliphatic heterocycles. The van der Waals surface area contributed by atoms with E-state index in [1.54, 1.807) is 18.0 Å². The van der Waals surface area contributed by atoms with Crippen molar-refractivity contribution in [2.45, 2.75) is 32.5 Å². The van der Waals surface area contributed by atoms with Crippen molar-refractivity contribution in [2.24, 2.45) is 5.10 Å². The Morgan fingerprint density at radius 2 is 2.20 bits per heavy atom. The fourth-order valence-corrected chi connectivity index (χ4v) is 3.62. The number of nitrogens with zero attached hydrogens (tertiary/aromatic N) is 3. The Labute approximate surface area is 180 Å².